The van der Waals surface area contributed by atoms with Gasteiger partial charge in [0, 0.05) is 18.2 Å². The highest BCUT2D eigenvalue weighted by Crippen LogP contribution is 2.25. The monoisotopic (exact) mass is 183 g/mol. The third-order valence-corrected chi connectivity index (χ3v) is 1.94. The topological polar surface area (TPSA) is 39.2 Å². The second kappa shape index (κ2) is 2.81. The first-order valence-corrected chi connectivity index (χ1v) is 3.78. The zero-order valence-corrected chi connectivity index (χ0v) is 6.68. The summed E-state index contributed by atoms with van der Waals surface area (Å²) in [5, 5.41) is 0.266. The summed E-state index contributed by atoms with van der Waals surface area (Å²) in [5.74, 6) is -1.29. The number of fused-ring (bicyclic) bond motifs is 1. The van der Waals surface area contributed by atoms with Crippen molar-refractivity contribution in [3.05, 3.63) is 35.6 Å². The first-order valence-electron chi connectivity index (χ1n) is 3.78. The Morgan fingerprint density at radius 3 is 2.77 bits per heavy atom. The summed E-state index contributed by atoms with van der Waals surface area (Å²) in [6, 6.07) is 2.27. The van der Waals surface area contributed by atoms with Crippen LogP contribution >= 0.6 is 0 Å². The maximum absolute atomic E-state index is 13.1. The van der Waals surface area contributed by atoms with Gasteiger partial charge < -0.3 is 10.2 Å². The Bertz CT molecular complexity index is 450. The summed E-state index contributed by atoms with van der Waals surface area (Å²) in [7, 11) is 0. The number of benzene rings is 1. The van der Waals surface area contributed by atoms with E-state index in [9.17, 15) is 8.78 Å². The van der Waals surface area contributed by atoms with Crippen LogP contribution in [0.25, 0.3) is 11.0 Å². The quantitative estimate of drug-likeness (QED) is 0.735. The molecule has 2 N–H and O–H groups in total. The van der Waals surface area contributed by atoms with Gasteiger partial charge in [-0.25, -0.2) is 8.78 Å². The molecule has 0 spiro atoms. The molecule has 2 rings (SSSR count). The molecule has 0 aliphatic heterocycles. The fraction of sp³-hybridized carbons (Fsp3) is 0.111. The maximum Gasteiger partial charge on any atom is 0.144 e. The van der Waals surface area contributed by atoms with Gasteiger partial charge in [0.05, 0.1) is 11.6 Å². The van der Waals surface area contributed by atoms with Crippen molar-refractivity contribution in [3.63, 3.8) is 0 Å². The molecule has 68 valence electrons. The van der Waals surface area contributed by atoms with Crippen LogP contribution in [0, 0.1) is 11.6 Å². The molecule has 1 aromatic carbocycles. The number of rotatable bonds is 1. The van der Waals surface area contributed by atoms with Crippen molar-refractivity contribution >= 4 is 11.0 Å². The van der Waals surface area contributed by atoms with Crippen molar-refractivity contribution < 1.29 is 13.2 Å². The van der Waals surface area contributed by atoms with E-state index in [2.05, 4.69) is 0 Å². The standard InChI is InChI=1S/C9H7F2NO/c10-7-3-8(11)6(4-12)9-5(7)1-2-13-9/h1-3H,4,12H2. The molecule has 1 aromatic heterocycles. The predicted octanol–water partition coefficient (Wildman–Crippen LogP) is 2.17. The molecule has 0 amide bonds. The average molecular weight is 183 g/mol. The van der Waals surface area contributed by atoms with Crippen LogP contribution < -0.4 is 5.73 Å². The molecule has 0 atom stereocenters. The van der Waals surface area contributed by atoms with E-state index in [4.69, 9.17) is 10.2 Å². The number of hydrogen-bond acceptors (Lipinski definition) is 2. The van der Waals surface area contributed by atoms with Gasteiger partial charge in [0.2, 0.25) is 0 Å². The van der Waals surface area contributed by atoms with Crippen LogP contribution in [-0.2, 0) is 6.54 Å². The van der Waals surface area contributed by atoms with Gasteiger partial charge in [-0.1, -0.05) is 0 Å². The van der Waals surface area contributed by atoms with Crippen molar-refractivity contribution in [2.24, 2.45) is 5.73 Å². The first kappa shape index (κ1) is 8.19. The molecule has 1 heterocycles. The van der Waals surface area contributed by atoms with Crippen LogP contribution in [0.4, 0.5) is 8.78 Å². The van der Waals surface area contributed by atoms with E-state index >= 15 is 0 Å². The van der Waals surface area contributed by atoms with Gasteiger partial charge in [-0.05, 0) is 6.07 Å². The predicted molar refractivity (Wildman–Crippen MR) is 44.0 cm³/mol. The van der Waals surface area contributed by atoms with Crippen LogP contribution in [0.2, 0.25) is 0 Å². The Morgan fingerprint density at radius 2 is 2.08 bits per heavy atom. The number of furan rings is 1. The lowest BCUT2D eigenvalue weighted by Crippen LogP contribution is -2.01. The SMILES string of the molecule is NCc1c(F)cc(F)c2ccoc12. The van der Waals surface area contributed by atoms with E-state index in [-0.39, 0.29) is 23.1 Å². The number of nitrogens with two attached hydrogens (primary N) is 1. The largest absolute Gasteiger partial charge is 0.464 e. The third-order valence-electron chi connectivity index (χ3n) is 1.94. The van der Waals surface area contributed by atoms with Gasteiger partial charge in [-0.3, -0.25) is 0 Å². The molecule has 0 saturated heterocycles. The Labute approximate surface area is 72.9 Å². The maximum atomic E-state index is 13.1. The van der Waals surface area contributed by atoms with Crippen molar-refractivity contribution in [3.8, 4) is 0 Å². The molecule has 0 aliphatic rings. The lowest BCUT2D eigenvalue weighted by molar-refractivity contribution is 0.563. The summed E-state index contributed by atoms with van der Waals surface area (Å²) in [4.78, 5) is 0. The smallest absolute Gasteiger partial charge is 0.144 e. The van der Waals surface area contributed by atoms with Crippen LogP contribution in [0.1, 0.15) is 5.56 Å². The van der Waals surface area contributed by atoms with Gasteiger partial charge in [0.15, 0.2) is 0 Å². The van der Waals surface area contributed by atoms with Crippen molar-refractivity contribution in [1.29, 1.82) is 0 Å². The minimum absolute atomic E-state index is 0.00384. The zero-order valence-electron chi connectivity index (χ0n) is 6.68. The Balaban J connectivity index is 2.88. The molecule has 0 bridgehead atoms. The molecule has 2 nitrogen and oxygen atoms in total. The molecule has 0 unspecified atom stereocenters. The summed E-state index contributed by atoms with van der Waals surface area (Å²) in [5.41, 5.74) is 5.71. The molecule has 0 saturated carbocycles. The lowest BCUT2D eigenvalue weighted by Gasteiger charge is -2.00. The summed E-state index contributed by atoms with van der Waals surface area (Å²) >= 11 is 0. The lowest BCUT2D eigenvalue weighted by atomic mass is 10.1. The van der Waals surface area contributed by atoms with E-state index < -0.39 is 11.6 Å². The molecule has 13 heavy (non-hydrogen) atoms. The molecular weight excluding hydrogens is 176 g/mol. The van der Waals surface area contributed by atoms with Gasteiger partial charge in [-0.2, -0.15) is 0 Å². The number of halogens is 2. The number of hydrogen-bond donors (Lipinski definition) is 1. The first-order chi connectivity index (χ1) is 6.24. The molecular formula is C9H7F2NO. The average Bonchev–Trinajstić information content (AvgIpc) is 2.53. The van der Waals surface area contributed by atoms with Crippen molar-refractivity contribution in [2.45, 2.75) is 6.54 Å². The second-order valence-corrected chi connectivity index (χ2v) is 2.69. The third kappa shape index (κ3) is 1.10. The highest BCUT2D eigenvalue weighted by atomic mass is 19.1. The van der Waals surface area contributed by atoms with Crippen LogP contribution in [-0.4, -0.2) is 0 Å². The molecule has 0 radical (unpaired) electrons. The highest BCUT2D eigenvalue weighted by molar-refractivity contribution is 5.81. The Kier molecular flexibility index (Phi) is 1.77. The van der Waals surface area contributed by atoms with Gasteiger partial charge in [0.25, 0.3) is 0 Å². The van der Waals surface area contributed by atoms with E-state index in [1.165, 1.54) is 12.3 Å². The Hall–Kier alpha value is -1.42. The molecule has 4 heteroatoms. The van der Waals surface area contributed by atoms with E-state index in [1.807, 2.05) is 0 Å². The normalized spacial score (nSPS) is 11.0. The van der Waals surface area contributed by atoms with Crippen LogP contribution in [0.15, 0.2) is 22.8 Å². The van der Waals surface area contributed by atoms with E-state index in [0.29, 0.717) is 0 Å². The molecule has 2 aromatic rings. The molecule has 0 aliphatic carbocycles. The van der Waals surface area contributed by atoms with E-state index in [1.54, 1.807) is 0 Å². The van der Waals surface area contributed by atoms with E-state index in [0.717, 1.165) is 6.07 Å². The van der Waals surface area contributed by atoms with Crippen LogP contribution in [0.5, 0.6) is 0 Å². The summed E-state index contributed by atoms with van der Waals surface area (Å²) in [6.45, 7) is -0.00384. The summed E-state index contributed by atoms with van der Waals surface area (Å²) < 4.78 is 31.1. The van der Waals surface area contributed by atoms with Gasteiger partial charge in [0.1, 0.15) is 17.2 Å². The fourth-order valence-electron chi connectivity index (χ4n) is 1.31. The summed E-state index contributed by atoms with van der Waals surface area (Å²) in [6.07, 6.45) is 1.31. The minimum Gasteiger partial charge on any atom is -0.464 e. The highest BCUT2D eigenvalue weighted by Gasteiger charge is 2.13. The Morgan fingerprint density at radius 1 is 1.31 bits per heavy atom. The van der Waals surface area contributed by atoms with Crippen molar-refractivity contribution in [2.75, 3.05) is 0 Å². The minimum atomic E-state index is -0.664. The van der Waals surface area contributed by atoms with Gasteiger partial charge in [-0.15, -0.1) is 0 Å². The van der Waals surface area contributed by atoms with Crippen molar-refractivity contribution in [1.82, 2.24) is 0 Å². The second-order valence-electron chi connectivity index (χ2n) is 2.69. The van der Waals surface area contributed by atoms with Gasteiger partial charge >= 0.3 is 0 Å². The van der Waals surface area contributed by atoms with Crippen LogP contribution in [0.3, 0.4) is 0 Å². The molecule has 0 fully saturated rings. The zero-order chi connectivity index (χ0) is 9.42. The fourth-order valence-corrected chi connectivity index (χ4v) is 1.31.